The van der Waals surface area contributed by atoms with E-state index in [9.17, 15) is 9.59 Å². The number of amides is 1. The summed E-state index contributed by atoms with van der Waals surface area (Å²) in [4.78, 5) is 31.4. The van der Waals surface area contributed by atoms with E-state index in [0.29, 0.717) is 28.7 Å². The summed E-state index contributed by atoms with van der Waals surface area (Å²) >= 11 is 0. The molecule has 4 rings (SSSR count). The van der Waals surface area contributed by atoms with Crippen molar-refractivity contribution in [1.82, 2.24) is 10.2 Å². The van der Waals surface area contributed by atoms with Gasteiger partial charge in [-0.05, 0) is 60.1 Å². The van der Waals surface area contributed by atoms with Gasteiger partial charge in [-0.1, -0.05) is 18.2 Å². The van der Waals surface area contributed by atoms with Gasteiger partial charge in [-0.25, -0.2) is 4.79 Å². The maximum Gasteiger partial charge on any atom is 0.343 e. The van der Waals surface area contributed by atoms with Gasteiger partial charge in [0.2, 0.25) is 5.91 Å². The van der Waals surface area contributed by atoms with Crippen molar-refractivity contribution in [3.8, 4) is 5.75 Å². The zero-order valence-corrected chi connectivity index (χ0v) is 22.3. The van der Waals surface area contributed by atoms with Crippen LogP contribution >= 0.6 is 0 Å². The number of nitrogens with two attached hydrogens (primary N) is 2. The fourth-order valence-corrected chi connectivity index (χ4v) is 4.42. The number of rotatable bonds is 13. The van der Waals surface area contributed by atoms with Gasteiger partial charge >= 0.3 is 5.97 Å². The fraction of sp³-hybridized carbons (Fsp3) is 0.310. The number of amidine groups is 1. The summed E-state index contributed by atoms with van der Waals surface area (Å²) in [6.45, 7) is 5.92. The molecule has 1 aliphatic heterocycles. The summed E-state index contributed by atoms with van der Waals surface area (Å²) in [7, 11) is 0. The van der Waals surface area contributed by atoms with Crippen LogP contribution in [0.3, 0.4) is 0 Å². The first-order chi connectivity index (χ1) is 19.4. The molecule has 0 spiro atoms. The van der Waals surface area contributed by atoms with E-state index in [0.717, 1.165) is 56.9 Å². The number of esters is 1. The molecule has 1 heterocycles. The number of anilines is 1. The van der Waals surface area contributed by atoms with Crippen LogP contribution in [-0.4, -0.2) is 75.0 Å². The van der Waals surface area contributed by atoms with Crippen molar-refractivity contribution in [3.05, 3.63) is 71.3 Å². The van der Waals surface area contributed by atoms with Crippen LogP contribution in [0, 0.1) is 5.41 Å². The second-order valence-electron chi connectivity index (χ2n) is 9.41. The Morgan fingerprint density at radius 3 is 2.52 bits per heavy atom. The zero-order valence-electron chi connectivity index (χ0n) is 22.3. The Bertz CT molecular complexity index is 1370. The summed E-state index contributed by atoms with van der Waals surface area (Å²) < 4.78 is 11.0. The number of morpholine rings is 1. The Hall–Kier alpha value is -4.48. The lowest BCUT2D eigenvalue weighted by Gasteiger charge is -2.26. The molecule has 11 nitrogen and oxygen atoms in total. The molecular weight excluding hydrogens is 510 g/mol. The average molecular weight is 546 g/mol. The summed E-state index contributed by atoms with van der Waals surface area (Å²) in [6, 6.07) is 15.4. The number of nitrogens with zero attached hydrogens (tertiary/aromatic N) is 2. The number of carbonyl (C=O) groups excluding carboxylic acids is 2. The molecule has 1 fully saturated rings. The smallest absolute Gasteiger partial charge is 0.343 e. The summed E-state index contributed by atoms with van der Waals surface area (Å²) in [5, 5.41) is 15.5. The molecule has 0 aliphatic carbocycles. The van der Waals surface area contributed by atoms with Gasteiger partial charge < -0.3 is 31.6 Å². The first-order valence-corrected chi connectivity index (χ1v) is 13.2. The maximum atomic E-state index is 12.9. The summed E-state index contributed by atoms with van der Waals surface area (Å²) in [5.74, 6) is -0.927. The quantitative estimate of drug-likeness (QED) is 0.0715. The summed E-state index contributed by atoms with van der Waals surface area (Å²) in [6.07, 6.45) is 2.64. The van der Waals surface area contributed by atoms with E-state index >= 15 is 0 Å². The summed E-state index contributed by atoms with van der Waals surface area (Å²) in [5.41, 5.74) is 13.3. The number of hydrogen-bond acceptors (Lipinski definition) is 8. The minimum Gasteiger partial charge on any atom is -0.423 e. The molecule has 3 aromatic carbocycles. The topological polar surface area (TPSA) is 168 Å². The van der Waals surface area contributed by atoms with Gasteiger partial charge in [0.05, 0.1) is 31.5 Å². The van der Waals surface area contributed by atoms with E-state index in [1.54, 1.807) is 60.9 Å². The molecule has 40 heavy (non-hydrogen) atoms. The van der Waals surface area contributed by atoms with E-state index in [2.05, 4.69) is 20.5 Å². The van der Waals surface area contributed by atoms with Gasteiger partial charge in [0.25, 0.3) is 0 Å². The molecule has 11 heteroatoms. The Labute approximate surface area is 233 Å². The second-order valence-corrected chi connectivity index (χ2v) is 9.41. The molecule has 0 atom stereocenters. The van der Waals surface area contributed by atoms with Crippen LogP contribution in [0.1, 0.15) is 27.9 Å². The Balaban J connectivity index is 1.29. The second kappa shape index (κ2) is 14.1. The molecule has 7 N–H and O–H groups in total. The Morgan fingerprint density at radius 2 is 1.80 bits per heavy atom. The molecule has 1 amide bonds. The predicted octanol–water partition coefficient (Wildman–Crippen LogP) is 2.08. The molecule has 3 aromatic rings. The molecule has 0 saturated carbocycles. The van der Waals surface area contributed by atoms with Crippen LogP contribution in [0.2, 0.25) is 0 Å². The van der Waals surface area contributed by atoms with Crippen molar-refractivity contribution < 1.29 is 19.1 Å². The van der Waals surface area contributed by atoms with Crippen LogP contribution in [0.25, 0.3) is 10.8 Å². The van der Waals surface area contributed by atoms with Crippen LogP contribution in [0.5, 0.6) is 5.75 Å². The van der Waals surface area contributed by atoms with Gasteiger partial charge in [0, 0.05) is 36.4 Å². The number of carbonyl (C=O) groups is 2. The van der Waals surface area contributed by atoms with Crippen molar-refractivity contribution in [3.63, 3.8) is 0 Å². The Morgan fingerprint density at radius 1 is 1.05 bits per heavy atom. The molecule has 0 radical (unpaired) electrons. The Kier molecular flexibility index (Phi) is 10.0. The van der Waals surface area contributed by atoms with E-state index in [1.165, 1.54) is 0 Å². The first-order valence-electron chi connectivity index (χ1n) is 13.2. The first kappa shape index (κ1) is 28.5. The molecule has 1 saturated heterocycles. The number of benzene rings is 3. The largest absolute Gasteiger partial charge is 0.423 e. The molecule has 0 bridgehead atoms. The third-order valence-electron chi connectivity index (χ3n) is 6.53. The van der Waals surface area contributed by atoms with Crippen molar-refractivity contribution >= 4 is 40.5 Å². The third-order valence-corrected chi connectivity index (χ3v) is 6.53. The number of hydrogen-bond donors (Lipinski definition) is 5. The normalized spacial score (nSPS) is 13.8. The molecular formula is C29H35N7O4. The molecule has 0 aromatic heterocycles. The van der Waals surface area contributed by atoms with Crippen molar-refractivity contribution in [2.75, 3.05) is 51.4 Å². The van der Waals surface area contributed by atoms with Crippen molar-refractivity contribution in [1.29, 1.82) is 5.41 Å². The van der Waals surface area contributed by atoms with Gasteiger partial charge in [0.15, 0.2) is 0 Å². The molecule has 0 unspecified atom stereocenters. The number of nitrogen functional groups attached to an aromatic ring is 1. The number of primary amides is 1. The van der Waals surface area contributed by atoms with Crippen molar-refractivity contribution in [2.24, 2.45) is 16.5 Å². The SMILES string of the molecule is N=C(N)c1ccc2c(CC(N)=O)c(OC(=O)c3ccc(NCN=CNCCCN4CCOCC4)cc3)ccc2c1. The highest BCUT2D eigenvalue weighted by Crippen LogP contribution is 2.30. The average Bonchev–Trinajstić information content (AvgIpc) is 2.96. The zero-order chi connectivity index (χ0) is 28.3. The molecule has 210 valence electrons. The van der Waals surface area contributed by atoms with Crippen LogP contribution in [0.15, 0.2) is 59.6 Å². The highest BCUT2D eigenvalue weighted by Gasteiger charge is 2.17. The van der Waals surface area contributed by atoms with Crippen LogP contribution in [-0.2, 0) is 16.0 Å². The third kappa shape index (κ3) is 8.01. The minimum atomic E-state index is -0.559. The lowest BCUT2D eigenvalue weighted by molar-refractivity contribution is -0.117. The van der Waals surface area contributed by atoms with Gasteiger partial charge in [-0.3, -0.25) is 20.1 Å². The number of fused-ring (bicyclic) bond motifs is 1. The standard InChI is InChI=1S/C29H35N7O4/c30-27(37)17-25-24-8-4-22(28(31)32)16-21(24)5-9-26(25)40-29(38)20-2-6-23(7-3-20)35-19-34-18-33-10-1-11-36-12-14-39-15-13-36/h2-9,16,18,35H,1,10-15,17,19H2,(H2,30,37)(H3,31,32)(H,33,34). The number of aliphatic imine (C=N–C) groups is 1. The van der Waals surface area contributed by atoms with Gasteiger partial charge in [-0.15, -0.1) is 0 Å². The fourth-order valence-electron chi connectivity index (χ4n) is 4.42. The van der Waals surface area contributed by atoms with E-state index in [-0.39, 0.29) is 18.0 Å². The predicted molar refractivity (Wildman–Crippen MR) is 156 cm³/mol. The van der Waals surface area contributed by atoms with E-state index in [1.807, 2.05) is 0 Å². The minimum absolute atomic E-state index is 0.0645. The van der Waals surface area contributed by atoms with Crippen molar-refractivity contribution in [2.45, 2.75) is 12.8 Å². The van der Waals surface area contributed by atoms with Crippen LogP contribution in [0.4, 0.5) is 5.69 Å². The van der Waals surface area contributed by atoms with Gasteiger partial charge in [0.1, 0.15) is 18.3 Å². The maximum absolute atomic E-state index is 12.9. The lowest BCUT2D eigenvalue weighted by Crippen LogP contribution is -2.37. The highest BCUT2D eigenvalue weighted by atomic mass is 16.5. The van der Waals surface area contributed by atoms with Crippen LogP contribution < -0.4 is 26.8 Å². The number of nitrogens with one attached hydrogen (secondary N) is 3. The van der Waals surface area contributed by atoms with E-state index < -0.39 is 11.9 Å². The highest BCUT2D eigenvalue weighted by molar-refractivity contribution is 6.01. The van der Waals surface area contributed by atoms with Gasteiger partial charge in [-0.2, -0.15) is 0 Å². The number of ether oxygens (including phenoxy) is 2. The lowest BCUT2D eigenvalue weighted by atomic mass is 9.98. The molecule has 1 aliphatic rings. The monoisotopic (exact) mass is 545 g/mol. The van der Waals surface area contributed by atoms with E-state index in [4.69, 9.17) is 26.4 Å².